The average molecular weight is 275 g/mol. The van der Waals surface area contributed by atoms with Crippen molar-refractivity contribution in [1.82, 2.24) is 0 Å². The molecule has 0 saturated carbocycles. The smallest absolute Gasteiger partial charge is 0.341 e. The van der Waals surface area contributed by atoms with Gasteiger partial charge in [-0.15, -0.1) is 0 Å². The number of rotatable bonds is 3. The highest BCUT2D eigenvalue weighted by molar-refractivity contribution is 9.10. The third kappa shape index (κ3) is 2.62. The van der Waals surface area contributed by atoms with Gasteiger partial charge in [-0.1, -0.05) is 15.9 Å². The van der Waals surface area contributed by atoms with E-state index >= 15 is 0 Å². The van der Waals surface area contributed by atoms with Crippen molar-refractivity contribution in [3.05, 3.63) is 33.5 Å². The highest BCUT2D eigenvalue weighted by Gasteiger charge is 2.18. The van der Waals surface area contributed by atoms with Crippen LogP contribution >= 0.6 is 15.9 Å². The minimum Gasteiger partial charge on any atom is -0.462 e. The summed E-state index contributed by atoms with van der Waals surface area (Å²) in [5.41, 5.74) is -0.352. The lowest BCUT2D eigenvalue weighted by Gasteiger charge is -2.06. The molecule has 0 aliphatic carbocycles. The van der Waals surface area contributed by atoms with Crippen molar-refractivity contribution in [2.75, 3.05) is 6.61 Å². The number of ether oxygens (including phenoxy) is 1. The van der Waals surface area contributed by atoms with E-state index in [9.17, 15) is 14.0 Å². The second-order valence-corrected chi connectivity index (χ2v) is 3.61. The Morgan fingerprint density at radius 1 is 1.60 bits per heavy atom. The number of hydrogen-bond acceptors (Lipinski definition) is 3. The van der Waals surface area contributed by atoms with Crippen molar-refractivity contribution in [2.24, 2.45) is 0 Å². The summed E-state index contributed by atoms with van der Waals surface area (Å²) in [7, 11) is 0. The van der Waals surface area contributed by atoms with Crippen molar-refractivity contribution < 1.29 is 18.7 Å². The van der Waals surface area contributed by atoms with E-state index in [2.05, 4.69) is 20.7 Å². The van der Waals surface area contributed by atoms with E-state index < -0.39 is 11.8 Å². The lowest BCUT2D eigenvalue weighted by molar-refractivity contribution is 0.0518. The van der Waals surface area contributed by atoms with Gasteiger partial charge in [0.15, 0.2) is 6.29 Å². The molecular weight excluding hydrogens is 267 g/mol. The first-order valence-electron chi connectivity index (χ1n) is 4.21. The van der Waals surface area contributed by atoms with Crippen LogP contribution in [0.4, 0.5) is 4.39 Å². The molecule has 0 N–H and O–H groups in total. The zero-order valence-electron chi connectivity index (χ0n) is 7.92. The van der Waals surface area contributed by atoms with Crippen LogP contribution in [0.1, 0.15) is 27.6 Å². The highest BCUT2D eigenvalue weighted by atomic mass is 79.9. The molecule has 0 atom stereocenters. The van der Waals surface area contributed by atoms with E-state index in [-0.39, 0.29) is 17.7 Å². The predicted molar refractivity (Wildman–Crippen MR) is 55.4 cm³/mol. The number of esters is 1. The average Bonchev–Trinajstić information content (AvgIpc) is 2.16. The minimum absolute atomic E-state index is 0.0275. The highest BCUT2D eigenvalue weighted by Crippen LogP contribution is 2.20. The molecule has 0 spiro atoms. The lowest BCUT2D eigenvalue weighted by Crippen LogP contribution is -2.10. The van der Waals surface area contributed by atoms with E-state index in [0.29, 0.717) is 10.8 Å². The maximum absolute atomic E-state index is 13.4. The van der Waals surface area contributed by atoms with Crippen LogP contribution < -0.4 is 0 Å². The summed E-state index contributed by atoms with van der Waals surface area (Å²) in [5, 5.41) is 0. The molecule has 1 aromatic rings. The molecule has 0 saturated heterocycles. The molecule has 5 heteroatoms. The van der Waals surface area contributed by atoms with Crippen LogP contribution in [0.15, 0.2) is 16.6 Å². The fraction of sp³-hybridized carbons (Fsp3) is 0.200. The molecular formula is C10H8BrFO3. The van der Waals surface area contributed by atoms with Crippen molar-refractivity contribution in [3.8, 4) is 0 Å². The normalized spacial score (nSPS) is 9.80. The molecule has 0 amide bonds. The van der Waals surface area contributed by atoms with Gasteiger partial charge in [-0.3, -0.25) is 4.79 Å². The molecule has 80 valence electrons. The van der Waals surface area contributed by atoms with E-state index in [4.69, 9.17) is 0 Å². The molecule has 1 aromatic carbocycles. The van der Waals surface area contributed by atoms with Gasteiger partial charge in [0.2, 0.25) is 0 Å². The Hall–Kier alpha value is -1.23. The third-order valence-corrected chi connectivity index (χ3v) is 2.15. The van der Waals surface area contributed by atoms with Crippen LogP contribution in [-0.2, 0) is 4.74 Å². The number of carbonyl (C=O) groups excluding carboxylic acids is 2. The molecule has 3 nitrogen and oxygen atoms in total. The first-order chi connectivity index (χ1) is 7.10. The molecule has 0 radical (unpaired) electrons. The number of halogens is 2. The first-order valence-corrected chi connectivity index (χ1v) is 5.00. The van der Waals surface area contributed by atoms with Gasteiger partial charge >= 0.3 is 5.97 Å². The number of hydrogen-bond donors (Lipinski definition) is 0. The predicted octanol–water partition coefficient (Wildman–Crippen LogP) is 2.58. The Morgan fingerprint density at radius 3 is 2.80 bits per heavy atom. The zero-order chi connectivity index (χ0) is 11.4. The fourth-order valence-electron chi connectivity index (χ4n) is 1.11. The summed E-state index contributed by atoms with van der Waals surface area (Å²) < 4.78 is 18.4. The summed E-state index contributed by atoms with van der Waals surface area (Å²) >= 11 is 3.03. The molecule has 1 rings (SSSR count). The van der Waals surface area contributed by atoms with Gasteiger partial charge in [0, 0.05) is 10.0 Å². The van der Waals surface area contributed by atoms with Crippen LogP contribution in [0.2, 0.25) is 0 Å². The van der Waals surface area contributed by atoms with Crippen molar-refractivity contribution in [3.63, 3.8) is 0 Å². The Labute approximate surface area is 94.4 Å². The SMILES string of the molecule is CCOC(=O)c1c(F)cc(Br)cc1C=O. The first kappa shape index (κ1) is 11.8. The summed E-state index contributed by atoms with van der Waals surface area (Å²) in [5.74, 6) is -1.60. The summed E-state index contributed by atoms with van der Waals surface area (Å²) in [6.45, 7) is 1.74. The van der Waals surface area contributed by atoms with Crippen molar-refractivity contribution in [2.45, 2.75) is 6.92 Å². The van der Waals surface area contributed by atoms with Crippen LogP contribution in [0.25, 0.3) is 0 Å². The van der Waals surface area contributed by atoms with Gasteiger partial charge in [-0.2, -0.15) is 0 Å². The molecule has 0 heterocycles. The molecule has 0 bridgehead atoms. The summed E-state index contributed by atoms with van der Waals surface area (Å²) in [6.07, 6.45) is 0.417. The molecule has 0 aliphatic heterocycles. The van der Waals surface area contributed by atoms with E-state index in [1.54, 1.807) is 6.92 Å². The quantitative estimate of drug-likeness (QED) is 0.629. The molecule has 0 fully saturated rings. The Bertz CT molecular complexity index is 404. The number of carbonyl (C=O) groups is 2. The Morgan fingerprint density at radius 2 is 2.27 bits per heavy atom. The second kappa shape index (κ2) is 5.02. The topological polar surface area (TPSA) is 43.4 Å². The fourth-order valence-corrected chi connectivity index (χ4v) is 1.55. The number of aldehydes is 1. The van der Waals surface area contributed by atoms with Crippen molar-refractivity contribution in [1.29, 1.82) is 0 Å². The van der Waals surface area contributed by atoms with Crippen LogP contribution in [0.3, 0.4) is 0 Å². The Balaban J connectivity index is 3.26. The van der Waals surface area contributed by atoms with Gasteiger partial charge in [-0.05, 0) is 19.1 Å². The molecule has 0 aromatic heterocycles. The third-order valence-electron chi connectivity index (χ3n) is 1.69. The Kier molecular flexibility index (Phi) is 3.96. The van der Waals surface area contributed by atoms with Gasteiger partial charge in [-0.25, -0.2) is 9.18 Å². The van der Waals surface area contributed by atoms with Gasteiger partial charge in [0.1, 0.15) is 11.4 Å². The maximum atomic E-state index is 13.4. The van der Waals surface area contributed by atoms with Gasteiger partial charge in [0.05, 0.1) is 6.61 Å². The largest absolute Gasteiger partial charge is 0.462 e. The number of benzene rings is 1. The van der Waals surface area contributed by atoms with E-state index in [1.807, 2.05) is 0 Å². The van der Waals surface area contributed by atoms with Gasteiger partial charge < -0.3 is 4.74 Å². The van der Waals surface area contributed by atoms with Crippen molar-refractivity contribution >= 4 is 28.2 Å². The standard InChI is InChI=1S/C10H8BrFO3/c1-2-15-10(14)9-6(5-13)3-7(11)4-8(9)12/h3-5H,2H2,1H3. The van der Waals surface area contributed by atoms with Crippen LogP contribution in [-0.4, -0.2) is 18.9 Å². The maximum Gasteiger partial charge on any atom is 0.341 e. The lowest BCUT2D eigenvalue weighted by atomic mass is 10.1. The summed E-state index contributed by atoms with van der Waals surface area (Å²) in [4.78, 5) is 22.0. The molecule has 0 aliphatic rings. The van der Waals surface area contributed by atoms with Gasteiger partial charge in [0.25, 0.3) is 0 Å². The minimum atomic E-state index is -0.829. The molecule has 0 unspecified atom stereocenters. The van der Waals surface area contributed by atoms with E-state index in [0.717, 1.165) is 6.07 Å². The van der Waals surface area contributed by atoms with E-state index in [1.165, 1.54) is 6.07 Å². The zero-order valence-corrected chi connectivity index (χ0v) is 9.51. The summed E-state index contributed by atoms with van der Waals surface area (Å²) in [6, 6.07) is 2.47. The monoisotopic (exact) mass is 274 g/mol. The second-order valence-electron chi connectivity index (χ2n) is 2.69. The molecule has 15 heavy (non-hydrogen) atoms. The van der Waals surface area contributed by atoms with Crippen LogP contribution in [0, 0.1) is 5.82 Å². The van der Waals surface area contributed by atoms with Crippen LogP contribution in [0.5, 0.6) is 0 Å².